The van der Waals surface area contributed by atoms with Crippen LogP contribution in [0.5, 0.6) is 0 Å². The molecule has 200 valence electrons. The average molecular weight is 514 g/mol. The fourth-order valence-corrected chi connectivity index (χ4v) is 4.87. The van der Waals surface area contributed by atoms with E-state index in [2.05, 4.69) is 21.8 Å². The number of hydrogen-bond acceptors (Lipinski definition) is 3. The first-order chi connectivity index (χ1) is 17.6. The standard InChI is InChI=1S/C25H26F3N3O.C3H6.C2H6/c1-31(2)24(14-8-9-15-24)22(17-10-4-3-5-11-17)30-23(32)19-16-21(25(26,27)28)29-20-13-7-6-12-18(19)20;1-3-2;1-2/h3-7,10-13,16,22H,8-9,14-15H2,1-2H3,(H,30,32);3H,1H2,2H3;1-2H3. The Morgan fingerprint density at radius 2 is 1.59 bits per heavy atom. The number of halogens is 3. The highest BCUT2D eigenvalue weighted by Gasteiger charge is 2.45. The third kappa shape index (κ3) is 6.98. The molecule has 1 unspecified atom stereocenters. The van der Waals surface area contributed by atoms with Crippen LogP contribution in [0.15, 0.2) is 73.3 Å². The minimum Gasteiger partial charge on any atom is -0.343 e. The van der Waals surface area contributed by atoms with Crippen LogP contribution >= 0.6 is 0 Å². The van der Waals surface area contributed by atoms with Crippen LogP contribution in [0.2, 0.25) is 0 Å². The van der Waals surface area contributed by atoms with E-state index in [1.807, 2.05) is 65.2 Å². The molecule has 1 atom stereocenters. The maximum atomic E-state index is 13.5. The van der Waals surface area contributed by atoms with E-state index in [4.69, 9.17) is 0 Å². The number of pyridine rings is 1. The second-order valence-electron chi connectivity index (χ2n) is 9.00. The number of allylic oxidation sites excluding steroid dienone is 1. The molecule has 1 fully saturated rings. The van der Waals surface area contributed by atoms with E-state index in [0.717, 1.165) is 37.3 Å². The lowest BCUT2D eigenvalue weighted by Gasteiger charge is -2.44. The van der Waals surface area contributed by atoms with Crippen LogP contribution in [0.3, 0.4) is 0 Å². The molecule has 1 amide bonds. The predicted molar refractivity (Wildman–Crippen MR) is 145 cm³/mol. The summed E-state index contributed by atoms with van der Waals surface area (Å²) in [5.41, 5.74) is -0.318. The maximum Gasteiger partial charge on any atom is 0.433 e. The average Bonchev–Trinajstić information content (AvgIpc) is 3.39. The second-order valence-corrected chi connectivity index (χ2v) is 9.00. The Morgan fingerprint density at radius 3 is 2.14 bits per heavy atom. The first kappa shape index (κ1) is 30.0. The molecule has 1 N–H and O–H groups in total. The van der Waals surface area contributed by atoms with Gasteiger partial charge < -0.3 is 10.2 Å². The summed E-state index contributed by atoms with van der Waals surface area (Å²) in [6, 6.07) is 16.6. The van der Waals surface area contributed by atoms with Crippen LogP contribution in [0.4, 0.5) is 13.2 Å². The maximum absolute atomic E-state index is 13.5. The normalized spacial score (nSPS) is 15.2. The van der Waals surface area contributed by atoms with Gasteiger partial charge in [-0.25, -0.2) is 4.98 Å². The first-order valence-electron chi connectivity index (χ1n) is 12.7. The van der Waals surface area contributed by atoms with Crippen molar-refractivity contribution >= 4 is 16.8 Å². The molecule has 7 heteroatoms. The minimum atomic E-state index is -4.64. The van der Waals surface area contributed by atoms with E-state index >= 15 is 0 Å². The van der Waals surface area contributed by atoms with Crippen LogP contribution in [-0.4, -0.2) is 35.4 Å². The van der Waals surface area contributed by atoms with Gasteiger partial charge in [0.1, 0.15) is 5.69 Å². The Balaban J connectivity index is 0.000000898. The number of aromatic nitrogens is 1. The van der Waals surface area contributed by atoms with Gasteiger partial charge in [0.2, 0.25) is 0 Å². The Hall–Kier alpha value is -3.19. The summed E-state index contributed by atoms with van der Waals surface area (Å²) in [6.07, 6.45) is 0.964. The molecule has 1 aliphatic rings. The number of amides is 1. The van der Waals surface area contributed by atoms with Gasteiger partial charge in [-0.3, -0.25) is 4.79 Å². The molecule has 1 saturated carbocycles. The lowest BCUT2D eigenvalue weighted by molar-refractivity contribution is -0.140. The Kier molecular flexibility index (Phi) is 10.9. The van der Waals surface area contributed by atoms with Crippen LogP contribution in [0, 0.1) is 0 Å². The van der Waals surface area contributed by atoms with E-state index in [0.29, 0.717) is 5.39 Å². The zero-order chi connectivity index (χ0) is 27.6. The van der Waals surface area contributed by atoms with E-state index in [1.165, 1.54) is 6.07 Å². The van der Waals surface area contributed by atoms with Crippen molar-refractivity contribution in [1.29, 1.82) is 0 Å². The lowest BCUT2D eigenvalue weighted by Crippen LogP contribution is -2.53. The van der Waals surface area contributed by atoms with Gasteiger partial charge in [0.25, 0.3) is 5.91 Å². The van der Waals surface area contributed by atoms with Gasteiger partial charge in [-0.2, -0.15) is 13.2 Å². The van der Waals surface area contributed by atoms with Crippen LogP contribution < -0.4 is 5.32 Å². The van der Waals surface area contributed by atoms with E-state index in [-0.39, 0.29) is 22.7 Å². The van der Waals surface area contributed by atoms with Crippen molar-refractivity contribution in [3.63, 3.8) is 0 Å². The van der Waals surface area contributed by atoms with Crippen molar-refractivity contribution in [2.45, 2.75) is 64.2 Å². The SMILES string of the molecule is C=CC.CC.CN(C)C1(C(NC(=O)c2cc(C(F)(F)F)nc3ccccc23)c2ccccc2)CCCC1. The Bertz CT molecular complexity index is 1150. The molecule has 4 rings (SSSR count). The summed E-state index contributed by atoms with van der Waals surface area (Å²) in [7, 11) is 3.99. The van der Waals surface area contributed by atoms with Crippen molar-refractivity contribution in [2.24, 2.45) is 0 Å². The number of likely N-dealkylation sites (N-methyl/N-ethyl adjacent to an activating group) is 1. The zero-order valence-electron chi connectivity index (χ0n) is 22.4. The number of fused-ring (bicyclic) bond motifs is 1. The number of carbonyl (C=O) groups excluding carboxylic acids is 1. The quantitative estimate of drug-likeness (QED) is 0.354. The number of benzene rings is 2. The number of nitrogens with zero attached hydrogens (tertiary/aromatic N) is 2. The summed E-state index contributed by atoms with van der Waals surface area (Å²) in [6.45, 7) is 9.25. The third-order valence-corrected chi connectivity index (χ3v) is 6.56. The van der Waals surface area contributed by atoms with Crippen LogP contribution in [0.1, 0.15) is 74.1 Å². The molecule has 0 bridgehead atoms. The number of para-hydroxylation sites is 1. The van der Waals surface area contributed by atoms with Crippen LogP contribution in [-0.2, 0) is 6.18 Å². The summed E-state index contributed by atoms with van der Waals surface area (Å²) < 4.78 is 40.5. The Morgan fingerprint density at radius 1 is 1.05 bits per heavy atom. The molecule has 0 spiro atoms. The first-order valence-corrected chi connectivity index (χ1v) is 12.7. The molecule has 2 aromatic carbocycles. The highest BCUT2D eigenvalue weighted by atomic mass is 19.4. The van der Waals surface area contributed by atoms with Gasteiger partial charge in [0.05, 0.1) is 17.1 Å². The fourth-order valence-electron chi connectivity index (χ4n) is 4.87. The molecule has 3 aromatic rings. The minimum absolute atomic E-state index is 0.0178. The van der Waals surface area contributed by atoms with Crippen molar-refractivity contribution in [2.75, 3.05) is 14.1 Å². The van der Waals surface area contributed by atoms with Gasteiger partial charge >= 0.3 is 6.18 Å². The number of carbonyl (C=O) groups is 1. The molecule has 0 aliphatic heterocycles. The predicted octanol–water partition coefficient (Wildman–Crippen LogP) is 7.82. The van der Waals surface area contributed by atoms with Crippen molar-refractivity contribution in [3.05, 3.63) is 90.1 Å². The largest absolute Gasteiger partial charge is 0.433 e. The van der Waals surface area contributed by atoms with E-state index < -0.39 is 17.8 Å². The summed E-state index contributed by atoms with van der Waals surface area (Å²) >= 11 is 0. The van der Waals surface area contributed by atoms with Crippen molar-refractivity contribution < 1.29 is 18.0 Å². The van der Waals surface area contributed by atoms with Gasteiger partial charge in [0.15, 0.2) is 0 Å². The molecular weight excluding hydrogens is 475 g/mol. The molecule has 0 saturated heterocycles. The topological polar surface area (TPSA) is 45.2 Å². The number of rotatable bonds is 5. The van der Waals surface area contributed by atoms with Crippen molar-refractivity contribution in [3.8, 4) is 0 Å². The number of hydrogen-bond donors (Lipinski definition) is 1. The third-order valence-electron chi connectivity index (χ3n) is 6.56. The van der Waals surface area contributed by atoms with Gasteiger partial charge in [-0.15, -0.1) is 6.58 Å². The molecule has 0 radical (unpaired) electrons. The monoisotopic (exact) mass is 513 g/mol. The summed E-state index contributed by atoms with van der Waals surface area (Å²) in [4.78, 5) is 19.4. The van der Waals surface area contributed by atoms with E-state index in [9.17, 15) is 18.0 Å². The van der Waals surface area contributed by atoms with Gasteiger partial charge in [0, 0.05) is 10.9 Å². The molecule has 1 heterocycles. The molecule has 1 aromatic heterocycles. The smallest absolute Gasteiger partial charge is 0.343 e. The highest BCUT2D eigenvalue weighted by molar-refractivity contribution is 6.06. The zero-order valence-corrected chi connectivity index (χ0v) is 22.4. The van der Waals surface area contributed by atoms with E-state index in [1.54, 1.807) is 24.3 Å². The summed E-state index contributed by atoms with van der Waals surface area (Å²) in [5, 5.41) is 3.51. The highest BCUT2D eigenvalue weighted by Crippen LogP contribution is 2.43. The van der Waals surface area contributed by atoms with Gasteiger partial charge in [-0.1, -0.05) is 81.3 Å². The number of nitrogens with one attached hydrogen (secondary N) is 1. The fraction of sp³-hybridized carbons (Fsp3) is 0.400. The molecular formula is C30H38F3N3O. The van der Waals surface area contributed by atoms with Crippen LogP contribution in [0.25, 0.3) is 10.9 Å². The number of alkyl halides is 3. The molecule has 1 aliphatic carbocycles. The summed E-state index contributed by atoms with van der Waals surface area (Å²) in [5.74, 6) is -0.531. The van der Waals surface area contributed by atoms with Gasteiger partial charge in [-0.05, 0) is 51.6 Å². The molecule has 4 nitrogen and oxygen atoms in total. The second kappa shape index (κ2) is 13.4. The lowest BCUT2D eigenvalue weighted by atomic mass is 9.82. The van der Waals surface area contributed by atoms with Crippen molar-refractivity contribution in [1.82, 2.24) is 15.2 Å². The Labute approximate surface area is 218 Å². The molecule has 37 heavy (non-hydrogen) atoms.